The van der Waals surface area contributed by atoms with E-state index in [1.165, 1.54) is 22.1 Å². The molecule has 2 rings (SSSR count). The number of rotatable bonds is 6. The Hall–Kier alpha value is -2.32. The SMILES string of the molecule is C[NH+]1CC[NH+](CCC(=O)N/N=C\c2ccccc2[N+](=O)[O-])CC1. The molecule has 0 aliphatic carbocycles. The van der Waals surface area contributed by atoms with Crippen LogP contribution in [0.4, 0.5) is 5.69 Å². The Kier molecular flexibility index (Phi) is 6.19. The van der Waals surface area contributed by atoms with E-state index in [0.29, 0.717) is 12.0 Å². The topological polar surface area (TPSA) is 93.5 Å². The summed E-state index contributed by atoms with van der Waals surface area (Å²) in [7, 11) is 2.18. The zero-order valence-corrected chi connectivity index (χ0v) is 13.2. The number of nitrogens with one attached hydrogen (secondary N) is 3. The molecule has 1 saturated heterocycles. The Balaban J connectivity index is 1.77. The van der Waals surface area contributed by atoms with Crippen LogP contribution in [-0.4, -0.2) is 56.8 Å². The van der Waals surface area contributed by atoms with Gasteiger partial charge in [-0.15, -0.1) is 0 Å². The fraction of sp³-hybridized carbons (Fsp3) is 0.467. The van der Waals surface area contributed by atoms with Gasteiger partial charge in [0.15, 0.2) is 0 Å². The normalized spacial score (nSPS) is 21.3. The summed E-state index contributed by atoms with van der Waals surface area (Å²) in [6, 6.07) is 6.27. The highest BCUT2D eigenvalue weighted by Gasteiger charge is 2.20. The molecular formula is C15H23N5O3+2. The number of nitrogens with zero attached hydrogens (tertiary/aromatic N) is 2. The van der Waals surface area contributed by atoms with Gasteiger partial charge in [0, 0.05) is 6.07 Å². The third kappa shape index (κ3) is 5.42. The molecule has 23 heavy (non-hydrogen) atoms. The molecule has 0 atom stereocenters. The number of hydrogen-bond donors (Lipinski definition) is 3. The van der Waals surface area contributed by atoms with Gasteiger partial charge >= 0.3 is 0 Å². The van der Waals surface area contributed by atoms with Crippen LogP contribution in [0.3, 0.4) is 0 Å². The first-order chi connectivity index (χ1) is 11.1. The van der Waals surface area contributed by atoms with Crippen LogP contribution < -0.4 is 15.2 Å². The number of benzene rings is 1. The third-order valence-electron chi connectivity index (χ3n) is 4.04. The van der Waals surface area contributed by atoms with Gasteiger partial charge in [-0.1, -0.05) is 12.1 Å². The van der Waals surface area contributed by atoms with Crippen molar-refractivity contribution in [2.45, 2.75) is 6.42 Å². The maximum Gasteiger partial charge on any atom is 0.278 e. The fourth-order valence-corrected chi connectivity index (χ4v) is 2.56. The van der Waals surface area contributed by atoms with Crippen LogP contribution in [0.1, 0.15) is 12.0 Å². The number of carbonyl (C=O) groups is 1. The minimum absolute atomic E-state index is 0.0325. The first kappa shape index (κ1) is 17.0. The molecule has 8 heteroatoms. The molecule has 0 bridgehead atoms. The summed E-state index contributed by atoms with van der Waals surface area (Å²) in [5, 5.41) is 14.7. The highest BCUT2D eigenvalue weighted by molar-refractivity contribution is 5.86. The van der Waals surface area contributed by atoms with Gasteiger partial charge in [-0.25, -0.2) is 5.43 Å². The zero-order valence-electron chi connectivity index (χ0n) is 13.2. The van der Waals surface area contributed by atoms with E-state index in [0.717, 1.165) is 32.7 Å². The van der Waals surface area contributed by atoms with Gasteiger partial charge in [-0.05, 0) is 6.07 Å². The number of hydrogen-bond acceptors (Lipinski definition) is 4. The standard InChI is InChI=1S/C15H21N5O3/c1-18-8-10-19(11-9-18)7-6-15(21)17-16-12-13-4-2-3-5-14(13)20(22)23/h2-5,12H,6-11H2,1H3,(H,17,21)/p+2/b16-12-. The van der Waals surface area contributed by atoms with Crippen LogP contribution in [0.15, 0.2) is 29.4 Å². The average Bonchev–Trinajstić information content (AvgIpc) is 2.54. The smallest absolute Gasteiger partial charge is 0.278 e. The van der Waals surface area contributed by atoms with E-state index in [4.69, 9.17) is 0 Å². The van der Waals surface area contributed by atoms with Crippen LogP contribution in [0.2, 0.25) is 0 Å². The van der Waals surface area contributed by atoms with E-state index in [-0.39, 0.29) is 11.6 Å². The zero-order chi connectivity index (χ0) is 16.7. The fourth-order valence-electron chi connectivity index (χ4n) is 2.56. The number of amides is 1. The molecule has 124 valence electrons. The minimum atomic E-state index is -0.470. The number of para-hydroxylation sites is 1. The molecule has 0 spiro atoms. The van der Waals surface area contributed by atoms with Crippen molar-refractivity contribution in [3.8, 4) is 0 Å². The Morgan fingerprint density at radius 1 is 1.35 bits per heavy atom. The van der Waals surface area contributed by atoms with Gasteiger partial charge in [0.1, 0.15) is 26.2 Å². The van der Waals surface area contributed by atoms with Crippen LogP contribution >= 0.6 is 0 Å². The Morgan fingerprint density at radius 2 is 2.04 bits per heavy atom. The molecule has 1 aliphatic heterocycles. The molecule has 1 aromatic carbocycles. The second-order valence-corrected chi connectivity index (χ2v) is 5.82. The molecule has 1 heterocycles. The number of hydrazone groups is 1. The Morgan fingerprint density at radius 3 is 2.74 bits per heavy atom. The number of quaternary nitrogens is 2. The van der Waals surface area contributed by atoms with Gasteiger partial charge in [-0.3, -0.25) is 14.9 Å². The highest BCUT2D eigenvalue weighted by Crippen LogP contribution is 2.14. The number of piperazine rings is 1. The number of likely N-dealkylation sites (N-methyl/N-ethyl adjacent to an activating group) is 1. The maximum absolute atomic E-state index is 11.8. The van der Waals surface area contributed by atoms with Crippen molar-refractivity contribution in [2.24, 2.45) is 5.10 Å². The molecule has 8 nitrogen and oxygen atoms in total. The summed E-state index contributed by atoms with van der Waals surface area (Å²) in [4.78, 5) is 25.2. The number of nitro benzene ring substituents is 1. The molecule has 1 aromatic rings. The lowest BCUT2D eigenvalue weighted by molar-refractivity contribution is -1.00. The lowest BCUT2D eigenvalue weighted by Crippen LogP contribution is -3.27. The van der Waals surface area contributed by atoms with Crippen LogP contribution in [0, 0.1) is 10.1 Å². The highest BCUT2D eigenvalue weighted by atomic mass is 16.6. The van der Waals surface area contributed by atoms with Gasteiger partial charge in [0.05, 0.1) is 36.7 Å². The number of carbonyl (C=O) groups excluding carboxylic acids is 1. The quantitative estimate of drug-likeness (QED) is 0.317. The van der Waals surface area contributed by atoms with E-state index >= 15 is 0 Å². The second-order valence-electron chi connectivity index (χ2n) is 5.82. The summed E-state index contributed by atoms with van der Waals surface area (Å²) in [6.07, 6.45) is 1.71. The second kappa shape index (κ2) is 8.35. The van der Waals surface area contributed by atoms with Gasteiger partial charge in [0.25, 0.3) is 5.69 Å². The summed E-state index contributed by atoms with van der Waals surface area (Å²) in [5.41, 5.74) is 2.77. The summed E-state index contributed by atoms with van der Waals surface area (Å²) >= 11 is 0. The van der Waals surface area contributed by atoms with Crippen LogP contribution in [0.25, 0.3) is 0 Å². The number of nitro groups is 1. The summed E-state index contributed by atoms with van der Waals surface area (Å²) in [6.45, 7) is 5.22. The van der Waals surface area contributed by atoms with Crippen molar-refractivity contribution >= 4 is 17.8 Å². The van der Waals surface area contributed by atoms with E-state index < -0.39 is 4.92 Å². The largest absolute Gasteiger partial charge is 0.328 e. The predicted octanol–water partition coefficient (Wildman–Crippen LogP) is -2.15. The van der Waals surface area contributed by atoms with E-state index in [2.05, 4.69) is 17.6 Å². The van der Waals surface area contributed by atoms with Crippen molar-refractivity contribution in [1.29, 1.82) is 0 Å². The first-order valence-corrected chi connectivity index (χ1v) is 7.76. The van der Waals surface area contributed by atoms with Crippen molar-refractivity contribution < 1.29 is 19.5 Å². The Bertz CT molecular complexity index is 582. The lowest BCUT2D eigenvalue weighted by atomic mass is 10.2. The van der Waals surface area contributed by atoms with Crippen molar-refractivity contribution in [1.82, 2.24) is 5.43 Å². The van der Waals surface area contributed by atoms with Crippen molar-refractivity contribution in [3.63, 3.8) is 0 Å². The van der Waals surface area contributed by atoms with Crippen LogP contribution in [0.5, 0.6) is 0 Å². The van der Waals surface area contributed by atoms with E-state index in [1.54, 1.807) is 18.2 Å². The lowest BCUT2D eigenvalue weighted by Gasteiger charge is -2.26. The predicted molar refractivity (Wildman–Crippen MR) is 85.6 cm³/mol. The van der Waals surface area contributed by atoms with Crippen molar-refractivity contribution in [3.05, 3.63) is 39.9 Å². The van der Waals surface area contributed by atoms with E-state index in [1.807, 2.05) is 0 Å². The summed E-state index contributed by atoms with van der Waals surface area (Å²) in [5.74, 6) is -0.168. The molecule has 0 saturated carbocycles. The molecule has 1 amide bonds. The van der Waals surface area contributed by atoms with Gasteiger partial charge in [0.2, 0.25) is 5.91 Å². The third-order valence-corrected chi connectivity index (χ3v) is 4.04. The van der Waals surface area contributed by atoms with E-state index in [9.17, 15) is 14.9 Å². The molecule has 0 aromatic heterocycles. The first-order valence-electron chi connectivity index (χ1n) is 7.76. The van der Waals surface area contributed by atoms with Crippen LogP contribution in [-0.2, 0) is 4.79 Å². The van der Waals surface area contributed by atoms with Gasteiger partial charge < -0.3 is 9.80 Å². The molecule has 0 radical (unpaired) electrons. The van der Waals surface area contributed by atoms with Gasteiger partial charge in [-0.2, -0.15) is 5.10 Å². The molecule has 1 aliphatic rings. The summed E-state index contributed by atoms with van der Waals surface area (Å²) < 4.78 is 0. The monoisotopic (exact) mass is 321 g/mol. The minimum Gasteiger partial charge on any atom is -0.328 e. The molecule has 0 unspecified atom stereocenters. The Labute approximate surface area is 134 Å². The van der Waals surface area contributed by atoms with Crippen molar-refractivity contribution in [2.75, 3.05) is 39.8 Å². The maximum atomic E-state index is 11.8. The molecule has 3 N–H and O–H groups in total. The average molecular weight is 321 g/mol. The molecule has 1 fully saturated rings. The molecular weight excluding hydrogens is 298 g/mol.